The number of aromatic nitrogens is 2. The average molecular weight is 329 g/mol. The Bertz CT molecular complexity index is 889. The Morgan fingerprint density at radius 1 is 1.13 bits per heavy atom. The molecule has 118 valence electrons. The zero-order chi connectivity index (χ0) is 16.3. The maximum Gasteiger partial charge on any atom is 0.213 e. The minimum atomic E-state index is -3.19. The monoisotopic (exact) mass is 329 g/mol. The van der Waals surface area contributed by atoms with E-state index in [-0.39, 0.29) is 0 Å². The lowest BCUT2D eigenvalue weighted by molar-refractivity contribution is 0.503. The van der Waals surface area contributed by atoms with Crippen LogP contribution >= 0.6 is 0 Å². The highest BCUT2D eigenvalue weighted by Crippen LogP contribution is 2.21. The molecular weight excluding hydrogens is 314 g/mol. The molecule has 1 N–H and O–H groups in total. The highest BCUT2D eigenvalue weighted by molar-refractivity contribution is 7.90. The van der Waals surface area contributed by atoms with E-state index in [4.69, 9.17) is 4.42 Å². The Kier molecular flexibility index (Phi) is 4.12. The number of hydrogen-bond acceptors (Lipinski definition) is 6. The quantitative estimate of drug-likeness (QED) is 0.775. The molecule has 0 atom stereocenters. The smallest absolute Gasteiger partial charge is 0.213 e. The summed E-state index contributed by atoms with van der Waals surface area (Å²) in [6.45, 7) is 0.441. The Hall–Kier alpha value is -2.67. The molecule has 2 aromatic heterocycles. The molecule has 3 rings (SSSR count). The van der Waals surface area contributed by atoms with Crippen LogP contribution in [0.2, 0.25) is 0 Å². The molecule has 0 aliphatic rings. The molecule has 0 aliphatic heterocycles. The molecule has 2 heterocycles. The van der Waals surface area contributed by atoms with Gasteiger partial charge in [-0.25, -0.2) is 18.4 Å². The third-order valence-corrected chi connectivity index (χ3v) is 4.36. The molecule has 0 saturated carbocycles. The van der Waals surface area contributed by atoms with Crippen molar-refractivity contribution < 1.29 is 12.8 Å². The first kappa shape index (κ1) is 15.2. The number of anilines is 1. The van der Waals surface area contributed by atoms with Gasteiger partial charge in [-0.1, -0.05) is 18.2 Å². The lowest BCUT2D eigenvalue weighted by Crippen LogP contribution is -2.02. The van der Waals surface area contributed by atoms with Gasteiger partial charge in [0.25, 0.3) is 0 Å². The lowest BCUT2D eigenvalue weighted by Gasteiger charge is -2.07. The van der Waals surface area contributed by atoms with Gasteiger partial charge in [0.1, 0.15) is 12.1 Å². The van der Waals surface area contributed by atoms with E-state index in [2.05, 4.69) is 15.3 Å². The van der Waals surface area contributed by atoms with Gasteiger partial charge in [0.2, 0.25) is 5.89 Å². The fraction of sp³-hybridized carbons (Fsp3) is 0.125. The molecule has 0 fully saturated rings. The van der Waals surface area contributed by atoms with Gasteiger partial charge in [0, 0.05) is 11.8 Å². The van der Waals surface area contributed by atoms with E-state index < -0.39 is 9.84 Å². The summed E-state index contributed by atoms with van der Waals surface area (Å²) < 4.78 is 28.1. The summed E-state index contributed by atoms with van der Waals surface area (Å²) >= 11 is 0. The summed E-state index contributed by atoms with van der Waals surface area (Å²) in [5.74, 6) is 1.27. The first-order chi connectivity index (χ1) is 11.0. The highest BCUT2D eigenvalue weighted by atomic mass is 32.2. The Balaban J connectivity index is 1.79. The second-order valence-electron chi connectivity index (χ2n) is 4.98. The molecule has 0 bridgehead atoms. The van der Waals surface area contributed by atoms with E-state index in [1.807, 2.05) is 18.2 Å². The Morgan fingerprint density at radius 3 is 2.57 bits per heavy atom. The van der Waals surface area contributed by atoms with Crippen molar-refractivity contribution in [1.82, 2.24) is 9.97 Å². The third kappa shape index (κ3) is 3.75. The van der Waals surface area contributed by atoms with Gasteiger partial charge in [0.15, 0.2) is 9.84 Å². The zero-order valence-electron chi connectivity index (χ0n) is 12.4. The topological polar surface area (TPSA) is 85.1 Å². The number of oxazole rings is 1. The van der Waals surface area contributed by atoms with Gasteiger partial charge < -0.3 is 9.73 Å². The van der Waals surface area contributed by atoms with Crippen molar-refractivity contribution in [2.45, 2.75) is 11.4 Å². The van der Waals surface area contributed by atoms with Crippen molar-refractivity contribution in [3.8, 4) is 11.3 Å². The van der Waals surface area contributed by atoms with Crippen molar-refractivity contribution in [2.75, 3.05) is 11.6 Å². The molecular formula is C16H15N3O3S. The molecule has 0 unspecified atom stereocenters. The van der Waals surface area contributed by atoms with E-state index in [1.165, 1.54) is 12.5 Å². The zero-order valence-corrected chi connectivity index (χ0v) is 13.2. The second-order valence-corrected chi connectivity index (χ2v) is 7.00. The van der Waals surface area contributed by atoms with Crippen LogP contribution in [0.15, 0.2) is 64.2 Å². The molecule has 0 saturated heterocycles. The van der Waals surface area contributed by atoms with Crippen LogP contribution in [0.1, 0.15) is 5.89 Å². The van der Waals surface area contributed by atoms with Crippen LogP contribution < -0.4 is 5.32 Å². The van der Waals surface area contributed by atoms with E-state index in [0.29, 0.717) is 23.1 Å². The van der Waals surface area contributed by atoms with Crippen LogP contribution in [0.25, 0.3) is 11.3 Å². The predicted molar refractivity (Wildman–Crippen MR) is 86.6 cm³/mol. The molecule has 0 radical (unpaired) electrons. The fourth-order valence-electron chi connectivity index (χ4n) is 2.07. The van der Waals surface area contributed by atoms with Crippen molar-refractivity contribution in [3.63, 3.8) is 0 Å². The third-order valence-electron chi connectivity index (χ3n) is 3.23. The van der Waals surface area contributed by atoms with Gasteiger partial charge in [-0.05, 0) is 24.3 Å². The molecule has 23 heavy (non-hydrogen) atoms. The fourth-order valence-corrected chi connectivity index (χ4v) is 2.70. The largest absolute Gasteiger partial charge is 0.447 e. The number of sulfone groups is 1. The first-order valence-electron chi connectivity index (χ1n) is 6.92. The highest BCUT2D eigenvalue weighted by Gasteiger charge is 2.08. The summed E-state index contributed by atoms with van der Waals surface area (Å²) in [5, 5.41) is 3.13. The Morgan fingerprint density at radius 2 is 1.91 bits per heavy atom. The maximum atomic E-state index is 11.5. The van der Waals surface area contributed by atoms with Gasteiger partial charge in [-0.3, -0.25) is 0 Å². The van der Waals surface area contributed by atoms with Crippen LogP contribution in [0.4, 0.5) is 5.82 Å². The van der Waals surface area contributed by atoms with Crippen molar-refractivity contribution >= 4 is 15.7 Å². The van der Waals surface area contributed by atoms with Gasteiger partial charge in [0.05, 0.1) is 23.3 Å². The number of benzene rings is 1. The van der Waals surface area contributed by atoms with E-state index in [1.54, 1.807) is 30.5 Å². The molecule has 1 aromatic carbocycles. The number of pyridine rings is 1. The summed E-state index contributed by atoms with van der Waals surface area (Å²) in [4.78, 5) is 8.83. The molecule has 7 heteroatoms. The predicted octanol–water partition coefficient (Wildman–Crippen LogP) is 2.75. The number of hydrogen-bond donors (Lipinski definition) is 1. The normalized spacial score (nSPS) is 11.3. The minimum Gasteiger partial charge on any atom is -0.447 e. The maximum absolute atomic E-state index is 11.5. The molecule has 6 nitrogen and oxygen atoms in total. The van der Waals surface area contributed by atoms with Crippen LogP contribution in [0.3, 0.4) is 0 Å². The number of nitrogens with one attached hydrogen (secondary N) is 1. The molecule has 0 aliphatic carbocycles. The second kappa shape index (κ2) is 6.21. The summed E-state index contributed by atoms with van der Waals surface area (Å²) in [6.07, 6.45) is 4.29. The average Bonchev–Trinajstić information content (AvgIpc) is 3.06. The van der Waals surface area contributed by atoms with E-state index in [9.17, 15) is 8.42 Å². The van der Waals surface area contributed by atoms with E-state index >= 15 is 0 Å². The number of nitrogens with zero attached hydrogens (tertiary/aromatic N) is 2. The van der Waals surface area contributed by atoms with Gasteiger partial charge >= 0.3 is 0 Å². The number of rotatable bonds is 5. The van der Waals surface area contributed by atoms with Crippen LogP contribution in [0, 0.1) is 0 Å². The Labute approximate surface area is 134 Å². The standard InChI is InChI=1S/C16H15N3O3S/c1-23(20,21)13-7-5-12(6-8-13)14-3-2-4-15(19-14)18-11-16-17-9-10-22-16/h2-10H,11H2,1H3,(H,18,19). The minimum absolute atomic E-state index is 0.291. The van der Waals surface area contributed by atoms with Gasteiger partial charge in [-0.2, -0.15) is 0 Å². The first-order valence-corrected chi connectivity index (χ1v) is 8.81. The van der Waals surface area contributed by atoms with Crippen molar-refractivity contribution in [3.05, 3.63) is 60.8 Å². The summed E-state index contributed by atoms with van der Waals surface area (Å²) in [5.41, 5.74) is 1.60. The van der Waals surface area contributed by atoms with E-state index in [0.717, 1.165) is 11.3 Å². The lowest BCUT2D eigenvalue weighted by atomic mass is 10.1. The molecule has 0 amide bonds. The summed E-state index contributed by atoms with van der Waals surface area (Å²) in [7, 11) is -3.19. The van der Waals surface area contributed by atoms with Crippen LogP contribution in [0.5, 0.6) is 0 Å². The van der Waals surface area contributed by atoms with Crippen LogP contribution in [-0.4, -0.2) is 24.6 Å². The molecule has 3 aromatic rings. The summed E-state index contributed by atoms with van der Waals surface area (Å²) in [6, 6.07) is 12.2. The SMILES string of the molecule is CS(=O)(=O)c1ccc(-c2cccc(NCc3ncco3)n2)cc1. The van der Waals surface area contributed by atoms with Crippen LogP contribution in [-0.2, 0) is 16.4 Å². The van der Waals surface area contributed by atoms with Gasteiger partial charge in [-0.15, -0.1) is 0 Å². The van der Waals surface area contributed by atoms with Crippen molar-refractivity contribution in [1.29, 1.82) is 0 Å². The molecule has 0 spiro atoms. The van der Waals surface area contributed by atoms with Crippen molar-refractivity contribution in [2.24, 2.45) is 0 Å².